The van der Waals surface area contributed by atoms with Gasteiger partial charge < -0.3 is 15.4 Å². The zero-order valence-electron chi connectivity index (χ0n) is 11.2. The van der Waals surface area contributed by atoms with Crippen LogP contribution >= 0.6 is 0 Å². The maximum absolute atomic E-state index is 12.1. The van der Waals surface area contributed by atoms with Crippen molar-refractivity contribution in [1.82, 2.24) is 10.6 Å². The molecule has 3 unspecified atom stereocenters. The van der Waals surface area contributed by atoms with Crippen LogP contribution in [0.4, 0.5) is 0 Å². The first-order valence-corrected chi connectivity index (χ1v) is 6.50. The number of methoxy groups -OCH3 is 1. The SMILES string of the molecule is COC1CC(NC(=O)C(C)C2CNC2)C1(C)C. The standard InChI is InChI=1S/C13H24N2O2/c1-8(9-6-14-7-9)12(16)15-10-5-11(17-4)13(10,2)3/h8-11,14H,5-7H2,1-4H3,(H,15,16). The highest BCUT2D eigenvalue weighted by Gasteiger charge is 2.49. The van der Waals surface area contributed by atoms with Gasteiger partial charge in [0.2, 0.25) is 5.91 Å². The van der Waals surface area contributed by atoms with Crippen molar-refractivity contribution >= 4 is 5.91 Å². The number of carbonyl (C=O) groups is 1. The number of hydrogen-bond acceptors (Lipinski definition) is 3. The van der Waals surface area contributed by atoms with Crippen LogP contribution in [0, 0.1) is 17.3 Å². The lowest BCUT2D eigenvalue weighted by Crippen LogP contribution is -2.63. The van der Waals surface area contributed by atoms with E-state index < -0.39 is 0 Å². The highest BCUT2D eigenvalue weighted by molar-refractivity contribution is 5.79. The van der Waals surface area contributed by atoms with E-state index in [0.717, 1.165) is 19.5 Å². The Balaban J connectivity index is 1.83. The Kier molecular flexibility index (Phi) is 3.46. The summed E-state index contributed by atoms with van der Waals surface area (Å²) in [5, 5.41) is 6.38. The smallest absolute Gasteiger partial charge is 0.223 e. The highest BCUT2D eigenvalue weighted by Crippen LogP contribution is 2.42. The molecule has 2 aliphatic rings. The second kappa shape index (κ2) is 4.58. The van der Waals surface area contributed by atoms with Gasteiger partial charge in [-0.1, -0.05) is 20.8 Å². The summed E-state index contributed by atoms with van der Waals surface area (Å²) in [6.07, 6.45) is 1.21. The van der Waals surface area contributed by atoms with Crippen molar-refractivity contribution in [3.63, 3.8) is 0 Å². The summed E-state index contributed by atoms with van der Waals surface area (Å²) in [6, 6.07) is 0.260. The largest absolute Gasteiger partial charge is 0.381 e. The molecule has 1 saturated heterocycles. The fourth-order valence-electron chi connectivity index (χ4n) is 2.71. The summed E-state index contributed by atoms with van der Waals surface area (Å²) < 4.78 is 5.39. The number of ether oxygens (including phenoxy) is 1. The van der Waals surface area contributed by atoms with Gasteiger partial charge in [-0.2, -0.15) is 0 Å². The summed E-state index contributed by atoms with van der Waals surface area (Å²) in [5.74, 6) is 0.828. The molecule has 2 rings (SSSR count). The summed E-state index contributed by atoms with van der Waals surface area (Å²) in [4.78, 5) is 12.1. The van der Waals surface area contributed by atoms with Crippen molar-refractivity contribution < 1.29 is 9.53 Å². The maximum atomic E-state index is 12.1. The van der Waals surface area contributed by atoms with Gasteiger partial charge in [-0.15, -0.1) is 0 Å². The molecule has 4 heteroatoms. The van der Waals surface area contributed by atoms with Gasteiger partial charge in [0.05, 0.1) is 6.10 Å². The van der Waals surface area contributed by atoms with E-state index in [1.807, 2.05) is 6.92 Å². The van der Waals surface area contributed by atoms with E-state index in [9.17, 15) is 4.79 Å². The zero-order chi connectivity index (χ0) is 12.6. The van der Waals surface area contributed by atoms with Crippen molar-refractivity contribution in [3.8, 4) is 0 Å². The van der Waals surface area contributed by atoms with E-state index in [2.05, 4.69) is 24.5 Å². The lowest BCUT2D eigenvalue weighted by Gasteiger charge is -2.51. The monoisotopic (exact) mass is 240 g/mol. The molecular formula is C13H24N2O2. The van der Waals surface area contributed by atoms with Crippen molar-refractivity contribution in [2.75, 3.05) is 20.2 Å². The van der Waals surface area contributed by atoms with Crippen LogP contribution < -0.4 is 10.6 Å². The molecule has 0 bridgehead atoms. The molecule has 0 aromatic heterocycles. The Hall–Kier alpha value is -0.610. The first-order valence-electron chi connectivity index (χ1n) is 6.50. The lowest BCUT2D eigenvalue weighted by molar-refractivity contribution is -0.137. The van der Waals surface area contributed by atoms with Crippen LogP contribution in [-0.4, -0.2) is 38.3 Å². The molecule has 1 aliphatic heterocycles. The molecule has 0 radical (unpaired) electrons. The van der Waals surface area contributed by atoms with Gasteiger partial charge in [-0.25, -0.2) is 0 Å². The first-order chi connectivity index (χ1) is 7.96. The van der Waals surface area contributed by atoms with Crippen molar-refractivity contribution in [3.05, 3.63) is 0 Å². The van der Waals surface area contributed by atoms with Gasteiger partial charge >= 0.3 is 0 Å². The molecule has 1 heterocycles. The molecule has 2 N–H and O–H groups in total. The van der Waals surface area contributed by atoms with E-state index in [0.29, 0.717) is 5.92 Å². The third kappa shape index (κ3) is 2.20. The molecule has 3 atom stereocenters. The van der Waals surface area contributed by atoms with Crippen LogP contribution in [0.3, 0.4) is 0 Å². The zero-order valence-corrected chi connectivity index (χ0v) is 11.2. The molecule has 17 heavy (non-hydrogen) atoms. The van der Waals surface area contributed by atoms with E-state index in [1.165, 1.54) is 0 Å². The summed E-state index contributed by atoms with van der Waals surface area (Å²) in [5.41, 5.74) is 0.0575. The number of amides is 1. The van der Waals surface area contributed by atoms with E-state index in [4.69, 9.17) is 4.74 Å². The van der Waals surface area contributed by atoms with Gasteiger partial charge in [0.15, 0.2) is 0 Å². The second-order valence-electron chi connectivity index (χ2n) is 6.05. The third-order valence-electron chi connectivity index (χ3n) is 4.71. The van der Waals surface area contributed by atoms with Gasteiger partial charge in [0.1, 0.15) is 0 Å². The minimum absolute atomic E-state index is 0.0575. The Morgan fingerprint density at radius 3 is 2.53 bits per heavy atom. The molecule has 0 aromatic carbocycles. The quantitative estimate of drug-likeness (QED) is 0.763. The lowest BCUT2D eigenvalue weighted by atomic mass is 9.64. The van der Waals surface area contributed by atoms with Crippen LogP contribution in [-0.2, 0) is 9.53 Å². The Bertz CT molecular complexity index is 300. The summed E-state index contributed by atoms with van der Waals surface area (Å²) >= 11 is 0. The van der Waals surface area contributed by atoms with Crippen molar-refractivity contribution in [2.24, 2.45) is 17.3 Å². The number of nitrogens with one attached hydrogen (secondary N) is 2. The molecule has 1 saturated carbocycles. The number of rotatable bonds is 4. The predicted molar refractivity (Wildman–Crippen MR) is 66.6 cm³/mol. The molecule has 2 fully saturated rings. The van der Waals surface area contributed by atoms with Gasteiger partial charge in [-0.05, 0) is 25.4 Å². The first kappa shape index (κ1) is 12.8. The third-order valence-corrected chi connectivity index (χ3v) is 4.71. The van der Waals surface area contributed by atoms with Gasteiger partial charge in [0.25, 0.3) is 0 Å². The van der Waals surface area contributed by atoms with E-state index >= 15 is 0 Å². The minimum Gasteiger partial charge on any atom is -0.381 e. The topological polar surface area (TPSA) is 50.4 Å². The van der Waals surface area contributed by atoms with Crippen molar-refractivity contribution in [1.29, 1.82) is 0 Å². The van der Waals surface area contributed by atoms with E-state index in [-0.39, 0.29) is 29.4 Å². The number of carbonyl (C=O) groups excluding carboxylic acids is 1. The van der Waals surface area contributed by atoms with Crippen LogP contribution in [0.25, 0.3) is 0 Å². The van der Waals surface area contributed by atoms with Crippen LogP contribution in [0.5, 0.6) is 0 Å². The van der Waals surface area contributed by atoms with Crippen molar-refractivity contribution in [2.45, 2.75) is 39.3 Å². The molecule has 1 amide bonds. The molecule has 4 nitrogen and oxygen atoms in total. The molecule has 0 aromatic rings. The summed E-state index contributed by atoms with van der Waals surface area (Å²) in [7, 11) is 1.74. The number of hydrogen-bond donors (Lipinski definition) is 2. The maximum Gasteiger partial charge on any atom is 0.223 e. The molecule has 98 valence electrons. The fourth-order valence-corrected chi connectivity index (χ4v) is 2.71. The average Bonchev–Trinajstić information content (AvgIpc) is 2.20. The van der Waals surface area contributed by atoms with E-state index in [1.54, 1.807) is 7.11 Å². The Morgan fingerprint density at radius 1 is 1.47 bits per heavy atom. The highest BCUT2D eigenvalue weighted by atomic mass is 16.5. The van der Waals surface area contributed by atoms with Crippen LogP contribution in [0.2, 0.25) is 0 Å². The predicted octanol–water partition coefficient (Wildman–Crippen LogP) is 0.772. The average molecular weight is 240 g/mol. The normalized spacial score (nSPS) is 33.4. The Morgan fingerprint density at radius 2 is 2.12 bits per heavy atom. The van der Waals surface area contributed by atoms with Crippen LogP contribution in [0.1, 0.15) is 27.2 Å². The minimum atomic E-state index is 0.0575. The van der Waals surface area contributed by atoms with Gasteiger partial charge in [-0.3, -0.25) is 4.79 Å². The molecular weight excluding hydrogens is 216 g/mol. The summed E-state index contributed by atoms with van der Waals surface area (Å²) in [6.45, 7) is 8.29. The fraction of sp³-hybridized carbons (Fsp3) is 0.923. The molecule has 0 spiro atoms. The Labute approximate surface area is 103 Å². The van der Waals surface area contributed by atoms with Crippen LogP contribution in [0.15, 0.2) is 0 Å². The molecule has 1 aliphatic carbocycles. The second-order valence-corrected chi connectivity index (χ2v) is 6.05. The van der Waals surface area contributed by atoms with Gasteiger partial charge in [0, 0.05) is 24.5 Å².